The predicted molar refractivity (Wildman–Crippen MR) is 93.0 cm³/mol. The van der Waals surface area contributed by atoms with Crippen LogP contribution < -0.4 is 5.32 Å². The van der Waals surface area contributed by atoms with Crippen molar-refractivity contribution in [1.82, 2.24) is 4.31 Å². The number of halogens is 2. The molecule has 0 heterocycles. The van der Waals surface area contributed by atoms with Gasteiger partial charge in [0.05, 0.1) is 16.4 Å². The Kier molecular flexibility index (Phi) is 5.90. The van der Waals surface area contributed by atoms with Gasteiger partial charge in [0.15, 0.2) is 0 Å². The van der Waals surface area contributed by atoms with Crippen LogP contribution in [0.4, 0.5) is 15.8 Å². The van der Waals surface area contributed by atoms with Crippen LogP contribution in [0.3, 0.4) is 0 Å². The van der Waals surface area contributed by atoms with Crippen LogP contribution in [-0.2, 0) is 14.8 Å². The maximum absolute atomic E-state index is 13.3. The molecule has 0 saturated carbocycles. The molecule has 0 saturated heterocycles. The molecular weight excluding hydrogens is 389 g/mol. The Hall–Kier alpha value is -2.56. The number of nitro benzene ring substituents is 1. The Morgan fingerprint density at radius 3 is 2.46 bits per heavy atom. The van der Waals surface area contributed by atoms with Gasteiger partial charge in [-0.2, -0.15) is 8.70 Å². The van der Waals surface area contributed by atoms with E-state index in [1.165, 1.54) is 31.3 Å². The van der Waals surface area contributed by atoms with E-state index in [1.54, 1.807) is 0 Å². The highest BCUT2D eigenvalue weighted by Crippen LogP contribution is 2.22. The summed E-state index contributed by atoms with van der Waals surface area (Å²) < 4.78 is 38.9. The van der Waals surface area contributed by atoms with Crippen molar-refractivity contribution in [2.45, 2.75) is 4.90 Å². The van der Waals surface area contributed by atoms with Gasteiger partial charge in [0, 0.05) is 23.8 Å². The molecule has 0 unspecified atom stereocenters. The van der Waals surface area contributed by atoms with Crippen LogP contribution in [-0.4, -0.2) is 37.1 Å². The van der Waals surface area contributed by atoms with Gasteiger partial charge < -0.3 is 5.32 Å². The number of hydrogen-bond acceptors (Lipinski definition) is 5. The molecule has 0 radical (unpaired) electrons. The molecule has 2 rings (SSSR count). The quantitative estimate of drug-likeness (QED) is 0.591. The van der Waals surface area contributed by atoms with E-state index in [2.05, 4.69) is 5.32 Å². The number of amides is 1. The second-order valence-corrected chi connectivity index (χ2v) is 7.67. The minimum atomic E-state index is -3.93. The van der Waals surface area contributed by atoms with Gasteiger partial charge in [-0.15, -0.1) is 0 Å². The van der Waals surface area contributed by atoms with Crippen molar-refractivity contribution in [3.63, 3.8) is 0 Å². The summed E-state index contributed by atoms with van der Waals surface area (Å²) in [6.45, 7) is -0.546. The number of carbonyl (C=O) groups excluding carboxylic acids is 1. The lowest BCUT2D eigenvalue weighted by Crippen LogP contribution is -2.34. The molecule has 0 aromatic heterocycles. The van der Waals surface area contributed by atoms with Gasteiger partial charge in [0.25, 0.3) is 0 Å². The Bertz CT molecular complexity index is 950. The van der Waals surface area contributed by atoms with Crippen molar-refractivity contribution in [2.24, 2.45) is 0 Å². The standard InChI is InChI=1S/C15H13ClFN3O5S/c1-19(26(24,25)12-5-2-10(16)3-6-12)9-15(21)18-11-4-7-13(17)14(8-11)20(22)23/h2-8H,9H2,1H3,(H,18,21). The first-order chi connectivity index (χ1) is 12.1. The van der Waals surface area contributed by atoms with Gasteiger partial charge in [0.1, 0.15) is 0 Å². The number of nitrogens with zero attached hydrogens (tertiary/aromatic N) is 2. The summed E-state index contributed by atoms with van der Waals surface area (Å²) in [4.78, 5) is 21.7. The van der Waals surface area contributed by atoms with Gasteiger partial charge in [-0.3, -0.25) is 14.9 Å². The van der Waals surface area contributed by atoms with Gasteiger partial charge in [-0.25, -0.2) is 8.42 Å². The molecule has 8 nitrogen and oxygen atoms in total. The van der Waals surface area contributed by atoms with E-state index < -0.39 is 38.9 Å². The molecule has 0 aliphatic carbocycles. The van der Waals surface area contributed by atoms with E-state index in [0.29, 0.717) is 5.02 Å². The highest BCUT2D eigenvalue weighted by atomic mass is 35.5. The lowest BCUT2D eigenvalue weighted by atomic mass is 10.2. The van der Waals surface area contributed by atoms with Gasteiger partial charge in [0.2, 0.25) is 21.7 Å². The Labute approximate surface area is 153 Å². The van der Waals surface area contributed by atoms with Crippen LogP contribution in [0, 0.1) is 15.9 Å². The minimum Gasteiger partial charge on any atom is -0.325 e. The van der Waals surface area contributed by atoms with Crippen LogP contribution in [0.5, 0.6) is 0 Å². The normalized spacial score (nSPS) is 11.4. The molecule has 1 amide bonds. The van der Waals surface area contributed by atoms with Crippen molar-refractivity contribution < 1.29 is 22.5 Å². The van der Waals surface area contributed by atoms with E-state index in [9.17, 15) is 27.7 Å². The monoisotopic (exact) mass is 401 g/mol. The lowest BCUT2D eigenvalue weighted by Gasteiger charge is -2.17. The fourth-order valence-corrected chi connectivity index (χ4v) is 3.26. The van der Waals surface area contributed by atoms with Crippen molar-refractivity contribution >= 4 is 38.9 Å². The summed E-state index contributed by atoms with van der Waals surface area (Å²) in [5, 5.41) is 13.4. The smallest absolute Gasteiger partial charge is 0.306 e. The topological polar surface area (TPSA) is 110 Å². The second kappa shape index (κ2) is 7.77. The van der Waals surface area contributed by atoms with Crippen LogP contribution >= 0.6 is 11.6 Å². The molecule has 138 valence electrons. The summed E-state index contributed by atoms with van der Waals surface area (Å²) >= 11 is 5.71. The highest BCUT2D eigenvalue weighted by Gasteiger charge is 2.23. The number of hydrogen-bond donors (Lipinski definition) is 1. The van der Waals surface area contributed by atoms with E-state index in [1.807, 2.05) is 0 Å². The molecule has 2 aromatic rings. The first kappa shape index (κ1) is 19.8. The number of likely N-dealkylation sites (N-methyl/N-ethyl adjacent to an activating group) is 1. The molecule has 11 heteroatoms. The lowest BCUT2D eigenvalue weighted by molar-refractivity contribution is -0.387. The number of nitro groups is 1. The first-order valence-electron chi connectivity index (χ1n) is 7.07. The van der Waals surface area contributed by atoms with Gasteiger partial charge >= 0.3 is 5.69 Å². The SMILES string of the molecule is CN(CC(=O)Nc1ccc(F)c([N+](=O)[O-])c1)S(=O)(=O)c1ccc(Cl)cc1. The highest BCUT2D eigenvalue weighted by molar-refractivity contribution is 7.89. The van der Waals surface area contributed by atoms with Crippen molar-refractivity contribution in [2.75, 3.05) is 18.9 Å². The number of carbonyl (C=O) groups is 1. The van der Waals surface area contributed by atoms with Crippen LogP contribution in [0.1, 0.15) is 0 Å². The molecule has 0 fully saturated rings. The van der Waals surface area contributed by atoms with E-state index in [4.69, 9.17) is 11.6 Å². The third-order valence-electron chi connectivity index (χ3n) is 3.31. The Morgan fingerprint density at radius 1 is 1.27 bits per heavy atom. The van der Waals surface area contributed by atoms with E-state index >= 15 is 0 Å². The van der Waals surface area contributed by atoms with Gasteiger partial charge in [-0.05, 0) is 36.4 Å². The summed E-state index contributed by atoms with van der Waals surface area (Å²) in [5.41, 5.74) is -0.828. The molecule has 1 N–H and O–H groups in total. The van der Waals surface area contributed by atoms with Crippen molar-refractivity contribution in [1.29, 1.82) is 0 Å². The number of anilines is 1. The Balaban J connectivity index is 2.11. The van der Waals surface area contributed by atoms with Gasteiger partial charge in [-0.1, -0.05) is 11.6 Å². The zero-order valence-electron chi connectivity index (χ0n) is 13.3. The van der Waals surface area contributed by atoms with Crippen molar-refractivity contribution in [3.8, 4) is 0 Å². The number of rotatable bonds is 6. The van der Waals surface area contributed by atoms with Crippen LogP contribution in [0.15, 0.2) is 47.4 Å². The minimum absolute atomic E-state index is 0.0274. The molecule has 0 atom stereocenters. The van der Waals surface area contributed by atoms with E-state index in [-0.39, 0.29) is 10.6 Å². The predicted octanol–water partition coefficient (Wildman–Crippen LogP) is 2.65. The van der Waals surface area contributed by atoms with E-state index in [0.717, 1.165) is 22.5 Å². The van der Waals surface area contributed by atoms with Crippen LogP contribution in [0.2, 0.25) is 5.02 Å². The average Bonchev–Trinajstić information content (AvgIpc) is 2.56. The van der Waals surface area contributed by atoms with Crippen molar-refractivity contribution in [3.05, 3.63) is 63.4 Å². The summed E-state index contributed by atoms with van der Waals surface area (Å²) in [5.74, 6) is -1.79. The molecule has 26 heavy (non-hydrogen) atoms. The second-order valence-electron chi connectivity index (χ2n) is 5.19. The Morgan fingerprint density at radius 2 is 1.88 bits per heavy atom. The average molecular weight is 402 g/mol. The molecule has 2 aromatic carbocycles. The fourth-order valence-electron chi connectivity index (χ4n) is 2.00. The third-order valence-corrected chi connectivity index (χ3v) is 5.38. The molecule has 0 spiro atoms. The number of benzene rings is 2. The van der Waals surface area contributed by atoms with Crippen LogP contribution in [0.25, 0.3) is 0 Å². The molecular formula is C15H13ClFN3O5S. The molecule has 0 bridgehead atoms. The molecule has 0 aliphatic rings. The summed E-state index contributed by atoms with van der Waals surface area (Å²) in [6, 6.07) is 8.22. The fraction of sp³-hybridized carbons (Fsp3) is 0.133. The summed E-state index contributed by atoms with van der Waals surface area (Å²) in [7, 11) is -2.72. The summed E-state index contributed by atoms with van der Waals surface area (Å²) in [6.07, 6.45) is 0. The molecule has 0 aliphatic heterocycles. The zero-order chi connectivity index (χ0) is 19.5. The first-order valence-corrected chi connectivity index (χ1v) is 8.89. The number of sulfonamides is 1. The largest absolute Gasteiger partial charge is 0.325 e. The maximum Gasteiger partial charge on any atom is 0.306 e. The number of nitrogens with one attached hydrogen (secondary N) is 1. The zero-order valence-corrected chi connectivity index (χ0v) is 14.9. The third kappa shape index (κ3) is 4.54. The maximum atomic E-state index is 13.3.